The number of aromatic nitrogens is 1. The highest BCUT2D eigenvalue weighted by Gasteiger charge is 2.12. The summed E-state index contributed by atoms with van der Waals surface area (Å²) in [5.74, 6) is 0. The summed E-state index contributed by atoms with van der Waals surface area (Å²) in [6, 6.07) is 5.96. The Morgan fingerprint density at radius 3 is 2.75 bits per heavy atom. The van der Waals surface area contributed by atoms with Gasteiger partial charge in [-0.1, -0.05) is 0 Å². The van der Waals surface area contributed by atoms with E-state index in [2.05, 4.69) is 23.7 Å². The van der Waals surface area contributed by atoms with Gasteiger partial charge in [0.1, 0.15) is 11.8 Å². The molecule has 1 unspecified atom stereocenters. The Bertz CT molecular complexity index is 356. The SMILES string of the molecule is CCN(c1ccc(C#N)nc1)C(C)COC. The maximum atomic E-state index is 8.67. The van der Waals surface area contributed by atoms with Crippen molar-refractivity contribution >= 4 is 5.69 Å². The lowest BCUT2D eigenvalue weighted by Gasteiger charge is -2.29. The first-order chi connectivity index (χ1) is 7.72. The molecule has 1 atom stereocenters. The van der Waals surface area contributed by atoms with Gasteiger partial charge >= 0.3 is 0 Å². The molecule has 0 aliphatic heterocycles. The number of anilines is 1. The molecule has 4 nitrogen and oxygen atoms in total. The third kappa shape index (κ3) is 2.94. The van der Waals surface area contributed by atoms with Crippen LogP contribution in [0.5, 0.6) is 0 Å². The van der Waals surface area contributed by atoms with Crippen molar-refractivity contribution in [2.45, 2.75) is 19.9 Å². The minimum Gasteiger partial charge on any atom is -0.383 e. The maximum absolute atomic E-state index is 8.67. The fraction of sp³-hybridized carbons (Fsp3) is 0.500. The van der Waals surface area contributed by atoms with Crippen LogP contribution in [0.2, 0.25) is 0 Å². The molecule has 0 aliphatic carbocycles. The van der Waals surface area contributed by atoms with Gasteiger partial charge in [-0.2, -0.15) is 5.26 Å². The van der Waals surface area contributed by atoms with E-state index in [-0.39, 0.29) is 0 Å². The molecular weight excluding hydrogens is 202 g/mol. The molecular formula is C12H17N3O. The van der Waals surface area contributed by atoms with Gasteiger partial charge in [0, 0.05) is 19.7 Å². The van der Waals surface area contributed by atoms with Gasteiger partial charge in [0.2, 0.25) is 0 Å². The average molecular weight is 219 g/mol. The predicted octanol–water partition coefficient (Wildman–Crippen LogP) is 1.81. The van der Waals surface area contributed by atoms with E-state index in [4.69, 9.17) is 10.00 Å². The molecule has 1 aromatic rings. The summed E-state index contributed by atoms with van der Waals surface area (Å²) >= 11 is 0. The molecule has 16 heavy (non-hydrogen) atoms. The summed E-state index contributed by atoms with van der Waals surface area (Å²) in [5, 5.41) is 8.67. The van der Waals surface area contributed by atoms with Crippen LogP contribution in [0, 0.1) is 11.3 Å². The highest BCUT2D eigenvalue weighted by atomic mass is 16.5. The second kappa shape index (κ2) is 6.09. The van der Waals surface area contributed by atoms with Crippen molar-refractivity contribution in [3.8, 4) is 6.07 Å². The lowest BCUT2D eigenvalue weighted by Crippen LogP contribution is -2.36. The first-order valence-corrected chi connectivity index (χ1v) is 5.34. The molecule has 0 radical (unpaired) electrons. The van der Waals surface area contributed by atoms with Crippen molar-refractivity contribution in [3.05, 3.63) is 24.0 Å². The van der Waals surface area contributed by atoms with Crippen molar-refractivity contribution in [1.82, 2.24) is 4.98 Å². The van der Waals surface area contributed by atoms with Gasteiger partial charge in [-0.3, -0.25) is 0 Å². The average Bonchev–Trinajstić information content (AvgIpc) is 2.31. The van der Waals surface area contributed by atoms with Gasteiger partial charge in [0.15, 0.2) is 0 Å². The van der Waals surface area contributed by atoms with Crippen molar-refractivity contribution in [1.29, 1.82) is 5.26 Å². The van der Waals surface area contributed by atoms with Crippen molar-refractivity contribution in [2.75, 3.05) is 25.2 Å². The maximum Gasteiger partial charge on any atom is 0.140 e. The molecule has 1 aromatic heterocycles. The Balaban J connectivity index is 2.83. The molecule has 0 aliphatic rings. The van der Waals surface area contributed by atoms with Crippen LogP contribution in [-0.4, -0.2) is 31.3 Å². The first-order valence-electron chi connectivity index (χ1n) is 5.34. The molecule has 0 amide bonds. The number of nitriles is 1. The van der Waals surface area contributed by atoms with E-state index in [9.17, 15) is 0 Å². The van der Waals surface area contributed by atoms with E-state index >= 15 is 0 Å². The summed E-state index contributed by atoms with van der Waals surface area (Å²) in [6.07, 6.45) is 1.73. The minimum absolute atomic E-state index is 0.296. The molecule has 1 heterocycles. The third-order valence-electron chi connectivity index (χ3n) is 2.47. The molecule has 0 N–H and O–H groups in total. The zero-order valence-electron chi connectivity index (χ0n) is 9.97. The van der Waals surface area contributed by atoms with Crippen LogP contribution >= 0.6 is 0 Å². The molecule has 0 aromatic carbocycles. The number of hydrogen-bond acceptors (Lipinski definition) is 4. The number of pyridine rings is 1. The van der Waals surface area contributed by atoms with E-state index in [0.29, 0.717) is 18.3 Å². The van der Waals surface area contributed by atoms with Gasteiger partial charge in [0.05, 0.1) is 18.5 Å². The topological polar surface area (TPSA) is 49.2 Å². The lowest BCUT2D eigenvalue weighted by atomic mass is 10.2. The normalized spacial score (nSPS) is 11.9. The second-order valence-corrected chi connectivity index (χ2v) is 3.60. The van der Waals surface area contributed by atoms with Gasteiger partial charge in [-0.15, -0.1) is 0 Å². The highest BCUT2D eigenvalue weighted by molar-refractivity contribution is 5.46. The molecule has 0 bridgehead atoms. The molecule has 1 rings (SSSR count). The van der Waals surface area contributed by atoms with Crippen LogP contribution in [0.3, 0.4) is 0 Å². The lowest BCUT2D eigenvalue weighted by molar-refractivity contribution is 0.182. The second-order valence-electron chi connectivity index (χ2n) is 3.60. The number of hydrogen-bond donors (Lipinski definition) is 0. The molecule has 0 fully saturated rings. The number of ether oxygens (including phenoxy) is 1. The van der Waals surface area contributed by atoms with Crippen LogP contribution in [0.15, 0.2) is 18.3 Å². The molecule has 4 heteroatoms. The molecule has 0 spiro atoms. The van der Waals surface area contributed by atoms with E-state index in [1.165, 1.54) is 0 Å². The van der Waals surface area contributed by atoms with Gasteiger partial charge < -0.3 is 9.64 Å². The summed E-state index contributed by atoms with van der Waals surface area (Å²) in [4.78, 5) is 6.26. The van der Waals surface area contributed by atoms with Crippen LogP contribution in [0.25, 0.3) is 0 Å². The van der Waals surface area contributed by atoms with Crippen LogP contribution in [-0.2, 0) is 4.74 Å². The predicted molar refractivity (Wildman–Crippen MR) is 63.3 cm³/mol. The Kier molecular flexibility index (Phi) is 4.74. The van der Waals surface area contributed by atoms with E-state index < -0.39 is 0 Å². The summed E-state index contributed by atoms with van der Waals surface area (Å²) in [7, 11) is 1.70. The Morgan fingerprint density at radius 1 is 1.56 bits per heavy atom. The zero-order chi connectivity index (χ0) is 12.0. The Labute approximate surface area is 96.5 Å². The quantitative estimate of drug-likeness (QED) is 0.758. The van der Waals surface area contributed by atoms with Crippen molar-refractivity contribution in [2.24, 2.45) is 0 Å². The third-order valence-corrected chi connectivity index (χ3v) is 2.47. The molecule has 0 saturated heterocycles. The fourth-order valence-electron chi connectivity index (χ4n) is 1.70. The number of nitrogens with zero attached hydrogens (tertiary/aromatic N) is 3. The van der Waals surface area contributed by atoms with Crippen LogP contribution in [0.4, 0.5) is 5.69 Å². The standard InChI is InChI=1S/C12H17N3O/c1-4-15(10(2)9-16-3)12-6-5-11(7-13)14-8-12/h5-6,8,10H,4,9H2,1-3H3. The van der Waals surface area contributed by atoms with Gasteiger partial charge in [-0.05, 0) is 26.0 Å². The van der Waals surface area contributed by atoms with Gasteiger partial charge in [0.25, 0.3) is 0 Å². The van der Waals surface area contributed by atoms with E-state index in [1.54, 1.807) is 19.4 Å². The van der Waals surface area contributed by atoms with Crippen LogP contribution < -0.4 is 4.90 Å². The highest BCUT2D eigenvalue weighted by Crippen LogP contribution is 2.15. The summed E-state index contributed by atoms with van der Waals surface area (Å²) in [5.41, 5.74) is 1.46. The number of likely N-dealkylation sites (N-methyl/N-ethyl adjacent to an activating group) is 1. The van der Waals surface area contributed by atoms with E-state index in [1.807, 2.05) is 12.1 Å². The Morgan fingerprint density at radius 2 is 2.31 bits per heavy atom. The monoisotopic (exact) mass is 219 g/mol. The van der Waals surface area contributed by atoms with Crippen molar-refractivity contribution < 1.29 is 4.74 Å². The molecule has 86 valence electrons. The minimum atomic E-state index is 0.296. The van der Waals surface area contributed by atoms with Gasteiger partial charge in [-0.25, -0.2) is 4.98 Å². The molecule has 0 saturated carbocycles. The van der Waals surface area contributed by atoms with Crippen LogP contribution in [0.1, 0.15) is 19.5 Å². The summed E-state index contributed by atoms with van der Waals surface area (Å²) in [6.45, 7) is 5.75. The number of methoxy groups -OCH3 is 1. The first kappa shape index (κ1) is 12.5. The number of rotatable bonds is 5. The van der Waals surface area contributed by atoms with E-state index in [0.717, 1.165) is 12.2 Å². The van der Waals surface area contributed by atoms with Crippen molar-refractivity contribution in [3.63, 3.8) is 0 Å². The Hall–Kier alpha value is -1.60. The largest absolute Gasteiger partial charge is 0.383 e. The zero-order valence-corrected chi connectivity index (χ0v) is 9.97. The fourth-order valence-corrected chi connectivity index (χ4v) is 1.70. The summed E-state index contributed by atoms with van der Waals surface area (Å²) < 4.78 is 5.14. The smallest absolute Gasteiger partial charge is 0.140 e.